The Morgan fingerprint density at radius 3 is 2.94 bits per heavy atom. The SMILES string of the molecule is COCCNCC1CCOC1Cc1ccccc1. The molecule has 0 bridgehead atoms. The van der Waals surface area contributed by atoms with Gasteiger partial charge in [0, 0.05) is 32.7 Å². The maximum Gasteiger partial charge on any atom is 0.0656 e. The predicted molar refractivity (Wildman–Crippen MR) is 72.7 cm³/mol. The monoisotopic (exact) mass is 249 g/mol. The van der Waals surface area contributed by atoms with Crippen molar-refractivity contribution in [2.75, 3.05) is 33.4 Å². The molecule has 1 aromatic rings. The summed E-state index contributed by atoms with van der Waals surface area (Å²) < 4.78 is 10.9. The van der Waals surface area contributed by atoms with Crippen LogP contribution in [-0.4, -0.2) is 39.5 Å². The highest BCUT2D eigenvalue weighted by atomic mass is 16.5. The summed E-state index contributed by atoms with van der Waals surface area (Å²) in [5.74, 6) is 0.627. The van der Waals surface area contributed by atoms with Gasteiger partial charge in [-0.1, -0.05) is 30.3 Å². The minimum atomic E-state index is 0.363. The van der Waals surface area contributed by atoms with Crippen LogP contribution in [0.25, 0.3) is 0 Å². The maximum atomic E-state index is 5.86. The molecule has 1 aliphatic heterocycles. The second-order valence-electron chi connectivity index (χ2n) is 4.84. The lowest BCUT2D eigenvalue weighted by atomic mass is 9.95. The highest BCUT2D eigenvalue weighted by Gasteiger charge is 2.27. The fourth-order valence-electron chi connectivity index (χ4n) is 2.46. The zero-order chi connectivity index (χ0) is 12.6. The van der Waals surface area contributed by atoms with E-state index in [2.05, 4.69) is 35.6 Å². The Morgan fingerprint density at radius 1 is 1.33 bits per heavy atom. The van der Waals surface area contributed by atoms with E-state index in [9.17, 15) is 0 Å². The van der Waals surface area contributed by atoms with E-state index in [1.165, 1.54) is 5.56 Å². The van der Waals surface area contributed by atoms with E-state index in [0.29, 0.717) is 12.0 Å². The standard InChI is InChI=1S/C15H23NO2/c1-17-10-8-16-12-14-7-9-18-15(14)11-13-5-3-2-4-6-13/h2-6,14-16H,7-12H2,1H3. The molecule has 1 aromatic carbocycles. The van der Waals surface area contributed by atoms with Crippen molar-refractivity contribution in [3.8, 4) is 0 Å². The maximum absolute atomic E-state index is 5.86. The van der Waals surface area contributed by atoms with Crippen LogP contribution in [0, 0.1) is 5.92 Å². The Bertz CT molecular complexity index is 329. The van der Waals surface area contributed by atoms with Crippen molar-refractivity contribution in [2.45, 2.75) is 18.9 Å². The van der Waals surface area contributed by atoms with Crippen molar-refractivity contribution in [3.05, 3.63) is 35.9 Å². The molecule has 0 aliphatic carbocycles. The van der Waals surface area contributed by atoms with Gasteiger partial charge in [-0.15, -0.1) is 0 Å². The highest BCUT2D eigenvalue weighted by molar-refractivity contribution is 5.16. The molecule has 2 atom stereocenters. The van der Waals surface area contributed by atoms with Crippen LogP contribution in [0.15, 0.2) is 30.3 Å². The second kappa shape index (κ2) is 7.52. The molecular formula is C15H23NO2. The van der Waals surface area contributed by atoms with Crippen LogP contribution in [0.4, 0.5) is 0 Å². The third kappa shape index (κ3) is 4.09. The van der Waals surface area contributed by atoms with E-state index in [1.54, 1.807) is 7.11 Å². The van der Waals surface area contributed by atoms with Gasteiger partial charge < -0.3 is 14.8 Å². The van der Waals surface area contributed by atoms with Gasteiger partial charge in [0.1, 0.15) is 0 Å². The summed E-state index contributed by atoms with van der Waals surface area (Å²) in [6.45, 7) is 3.62. The van der Waals surface area contributed by atoms with Crippen LogP contribution in [0.3, 0.4) is 0 Å². The normalized spacial score (nSPS) is 23.4. The molecule has 0 radical (unpaired) electrons. The van der Waals surface area contributed by atoms with E-state index >= 15 is 0 Å². The summed E-state index contributed by atoms with van der Waals surface area (Å²) in [6.07, 6.45) is 2.55. The highest BCUT2D eigenvalue weighted by Crippen LogP contribution is 2.23. The summed E-state index contributed by atoms with van der Waals surface area (Å²) in [5, 5.41) is 3.44. The van der Waals surface area contributed by atoms with Crippen molar-refractivity contribution in [1.29, 1.82) is 0 Å². The van der Waals surface area contributed by atoms with E-state index in [0.717, 1.165) is 39.1 Å². The first-order chi connectivity index (χ1) is 8.90. The Morgan fingerprint density at radius 2 is 2.17 bits per heavy atom. The van der Waals surface area contributed by atoms with Gasteiger partial charge in [-0.2, -0.15) is 0 Å². The number of nitrogens with one attached hydrogen (secondary N) is 1. The fraction of sp³-hybridized carbons (Fsp3) is 0.600. The molecule has 1 aliphatic rings. The van der Waals surface area contributed by atoms with Crippen LogP contribution >= 0.6 is 0 Å². The number of methoxy groups -OCH3 is 1. The lowest BCUT2D eigenvalue weighted by Crippen LogP contribution is -2.31. The molecule has 3 heteroatoms. The molecule has 18 heavy (non-hydrogen) atoms. The van der Waals surface area contributed by atoms with Gasteiger partial charge in [-0.05, 0) is 18.4 Å². The van der Waals surface area contributed by atoms with Crippen molar-refractivity contribution in [3.63, 3.8) is 0 Å². The first-order valence-corrected chi connectivity index (χ1v) is 6.75. The van der Waals surface area contributed by atoms with Gasteiger partial charge in [0.25, 0.3) is 0 Å². The Balaban J connectivity index is 1.77. The zero-order valence-electron chi connectivity index (χ0n) is 11.1. The van der Waals surface area contributed by atoms with Crippen LogP contribution in [0.1, 0.15) is 12.0 Å². The Kier molecular flexibility index (Phi) is 5.65. The van der Waals surface area contributed by atoms with Gasteiger partial charge >= 0.3 is 0 Å². The molecule has 3 nitrogen and oxygen atoms in total. The molecule has 2 unspecified atom stereocenters. The van der Waals surface area contributed by atoms with Gasteiger partial charge in [-0.3, -0.25) is 0 Å². The first kappa shape index (κ1) is 13.5. The first-order valence-electron chi connectivity index (χ1n) is 6.75. The molecule has 0 saturated carbocycles. The predicted octanol–water partition coefficient (Wildman–Crippen LogP) is 1.87. The van der Waals surface area contributed by atoms with E-state index < -0.39 is 0 Å². The van der Waals surface area contributed by atoms with Crippen molar-refractivity contribution in [2.24, 2.45) is 5.92 Å². The van der Waals surface area contributed by atoms with Gasteiger partial charge in [0.05, 0.1) is 12.7 Å². The minimum absolute atomic E-state index is 0.363. The smallest absolute Gasteiger partial charge is 0.0656 e. The fourth-order valence-corrected chi connectivity index (χ4v) is 2.46. The number of benzene rings is 1. The molecule has 0 amide bonds. The second-order valence-corrected chi connectivity index (χ2v) is 4.84. The lowest BCUT2D eigenvalue weighted by molar-refractivity contribution is 0.0899. The Labute approximate surface area is 109 Å². The molecule has 0 aromatic heterocycles. The molecule has 1 heterocycles. The number of ether oxygens (including phenoxy) is 2. The summed E-state index contributed by atoms with van der Waals surface area (Å²) in [4.78, 5) is 0. The van der Waals surface area contributed by atoms with Crippen LogP contribution in [-0.2, 0) is 15.9 Å². The van der Waals surface area contributed by atoms with Crippen LogP contribution in [0.2, 0.25) is 0 Å². The molecule has 100 valence electrons. The average molecular weight is 249 g/mol. The van der Waals surface area contributed by atoms with Crippen LogP contribution in [0.5, 0.6) is 0 Å². The zero-order valence-corrected chi connectivity index (χ0v) is 11.1. The summed E-state index contributed by atoms with van der Waals surface area (Å²) in [7, 11) is 1.73. The largest absolute Gasteiger partial charge is 0.383 e. The quantitative estimate of drug-likeness (QED) is 0.748. The third-order valence-electron chi connectivity index (χ3n) is 3.52. The summed E-state index contributed by atoms with van der Waals surface area (Å²) in [5.41, 5.74) is 1.37. The summed E-state index contributed by atoms with van der Waals surface area (Å²) in [6, 6.07) is 10.6. The number of hydrogen-bond donors (Lipinski definition) is 1. The molecule has 1 saturated heterocycles. The molecule has 0 spiro atoms. The van der Waals surface area contributed by atoms with Gasteiger partial charge in [-0.25, -0.2) is 0 Å². The van der Waals surface area contributed by atoms with Crippen LogP contribution < -0.4 is 5.32 Å². The molecule has 1 N–H and O–H groups in total. The molecule has 1 fully saturated rings. The molecular weight excluding hydrogens is 226 g/mol. The third-order valence-corrected chi connectivity index (χ3v) is 3.52. The number of hydrogen-bond acceptors (Lipinski definition) is 3. The minimum Gasteiger partial charge on any atom is -0.383 e. The van der Waals surface area contributed by atoms with Gasteiger partial charge in [0.2, 0.25) is 0 Å². The van der Waals surface area contributed by atoms with Gasteiger partial charge in [0.15, 0.2) is 0 Å². The van der Waals surface area contributed by atoms with E-state index in [-0.39, 0.29) is 0 Å². The van der Waals surface area contributed by atoms with Crippen molar-refractivity contribution in [1.82, 2.24) is 5.32 Å². The van der Waals surface area contributed by atoms with Crippen molar-refractivity contribution >= 4 is 0 Å². The Hall–Kier alpha value is -0.900. The van der Waals surface area contributed by atoms with E-state index in [4.69, 9.17) is 9.47 Å². The molecule has 2 rings (SSSR count). The topological polar surface area (TPSA) is 30.5 Å². The lowest BCUT2D eigenvalue weighted by Gasteiger charge is -2.19. The number of rotatable bonds is 7. The van der Waals surface area contributed by atoms with Crippen molar-refractivity contribution < 1.29 is 9.47 Å². The summed E-state index contributed by atoms with van der Waals surface area (Å²) >= 11 is 0. The average Bonchev–Trinajstić information content (AvgIpc) is 2.83. The van der Waals surface area contributed by atoms with E-state index in [1.807, 2.05) is 0 Å².